The molecule has 0 fully saturated rings. The van der Waals surface area contributed by atoms with Gasteiger partial charge in [0.15, 0.2) is 5.69 Å². The van der Waals surface area contributed by atoms with Crippen molar-refractivity contribution >= 4 is 28.2 Å². The molecule has 1 aromatic heterocycles. The van der Waals surface area contributed by atoms with Crippen LogP contribution in [0.15, 0.2) is 82.4 Å². The fourth-order valence-corrected chi connectivity index (χ4v) is 3.64. The van der Waals surface area contributed by atoms with Crippen molar-refractivity contribution in [1.82, 2.24) is 9.55 Å². The molecule has 0 atom stereocenters. The van der Waals surface area contributed by atoms with Crippen molar-refractivity contribution in [2.45, 2.75) is 13.5 Å². The van der Waals surface area contributed by atoms with E-state index in [1.165, 1.54) is 9.47 Å². The number of hydrogen-bond donors (Lipinski definition) is 2. The van der Waals surface area contributed by atoms with Crippen molar-refractivity contribution in [3.8, 4) is 0 Å². The summed E-state index contributed by atoms with van der Waals surface area (Å²) in [6, 6.07) is 22.4. The number of aromatic amines is 1. The van der Waals surface area contributed by atoms with Crippen molar-refractivity contribution in [2.24, 2.45) is 0 Å². The lowest BCUT2D eigenvalue weighted by Gasteiger charge is -2.23. The van der Waals surface area contributed by atoms with Crippen LogP contribution in [0.1, 0.15) is 22.8 Å². The predicted molar refractivity (Wildman–Crippen MR) is 123 cm³/mol. The van der Waals surface area contributed by atoms with Gasteiger partial charge in [0.05, 0.1) is 6.54 Å². The summed E-state index contributed by atoms with van der Waals surface area (Å²) in [5.74, 6) is -0.413. The first kappa shape index (κ1) is 20.2. The van der Waals surface area contributed by atoms with E-state index in [-0.39, 0.29) is 30.5 Å². The van der Waals surface area contributed by atoms with Gasteiger partial charge in [0.25, 0.3) is 11.5 Å². The Morgan fingerprint density at radius 3 is 2.35 bits per heavy atom. The Balaban J connectivity index is 1.78. The number of nitrogens with two attached hydrogens (primary N) is 1. The maximum Gasteiger partial charge on any atom is 0.330 e. The van der Waals surface area contributed by atoms with Gasteiger partial charge in [0.2, 0.25) is 0 Å². The van der Waals surface area contributed by atoms with E-state index in [0.29, 0.717) is 5.56 Å². The minimum absolute atomic E-state index is 0.0313. The first-order valence-electron chi connectivity index (χ1n) is 9.96. The maximum absolute atomic E-state index is 13.3. The van der Waals surface area contributed by atoms with Crippen LogP contribution in [-0.4, -0.2) is 22.0 Å². The van der Waals surface area contributed by atoms with Crippen LogP contribution in [-0.2, 0) is 6.54 Å². The number of aromatic nitrogens is 2. The number of carbonyl (C=O) groups excluding carboxylic acids is 1. The number of amides is 1. The van der Waals surface area contributed by atoms with Crippen molar-refractivity contribution in [1.29, 1.82) is 0 Å². The lowest BCUT2D eigenvalue weighted by Crippen LogP contribution is -2.41. The minimum Gasteiger partial charge on any atom is -0.383 e. The third kappa shape index (κ3) is 3.85. The molecule has 0 radical (unpaired) electrons. The second kappa shape index (κ2) is 8.31. The lowest BCUT2D eigenvalue weighted by atomic mass is 10.1. The van der Waals surface area contributed by atoms with E-state index in [0.717, 1.165) is 16.3 Å². The molecule has 0 aliphatic heterocycles. The van der Waals surface area contributed by atoms with Gasteiger partial charge in [-0.2, -0.15) is 0 Å². The summed E-state index contributed by atoms with van der Waals surface area (Å²) in [5, 5.41) is 1.93. The van der Waals surface area contributed by atoms with Gasteiger partial charge < -0.3 is 10.6 Å². The summed E-state index contributed by atoms with van der Waals surface area (Å²) in [6.45, 7) is 2.14. The average molecular weight is 414 g/mol. The van der Waals surface area contributed by atoms with Crippen molar-refractivity contribution in [3.63, 3.8) is 0 Å². The van der Waals surface area contributed by atoms with Gasteiger partial charge in [0.1, 0.15) is 5.82 Å². The number of anilines is 2. The predicted octanol–water partition coefficient (Wildman–Crippen LogP) is 2.99. The molecular formula is C24H22N4O3. The smallest absolute Gasteiger partial charge is 0.330 e. The molecule has 0 spiro atoms. The molecule has 1 amide bonds. The monoisotopic (exact) mass is 414 g/mol. The Labute approximate surface area is 178 Å². The molecule has 0 saturated carbocycles. The summed E-state index contributed by atoms with van der Waals surface area (Å²) < 4.78 is 1.27. The van der Waals surface area contributed by atoms with Crippen molar-refractivity contribution in [2.75, 3.05) is 17.2 Å². The van der Waals surface area contributed by atoms with Gasteiger partial charge in [-0.25, -0.2) is 4.79 Å². The molecular weight excluding hydrogens is 392 g/mol. The van der Waals surface area contributed by atoms with Crippen LogP contribution in [0.25, 0.3) is 10.8 Å². The highest BCUT2D eigenvalue weighted by Crippen LogP contribution is 2.22. The number of nitrogens with one attached hydrogen (secondary N) is 1. The number of benzene rings is 3. The van der Waals surface area contributed by atoms with Gasteiger partial charge in [-0.1, -0.05) is 60.7 Å². The zero-order valence-electron chi connectivity index (χ0n) is 17.0. The number of hydrogen-bond acceptors (Lipinski definition) is 4. The third-order valence-electron chi connectivity index (χ3n) is 5.23. The molecule has 3 aromatic carbocycles. The molecule has 0 aliphatic carbocycles. The first-order valence-corrected chi connectivity index (χ1v) is 9.96. The zero-order chi connectivity index (χ0) is 22.0. The van der Waals surface area contributed by atoms with E-state index in [1.807, 2.05) is 60.7 Å². The summed E-state index contributed by atoms with van der Waals surface area (Å²) in [5.41, 5.74) is 6.20. The zero-order valence-corrected chi connectivity index (χ0v) is 17.0. The first-order chi connectivity index (χ1) is 15.0. The highest BCUT2D eigenvalue weighted by atomic mass is 16.2. The Morgan fingerprint density at radius 2 is 1.65 bits per heavy atom. The molecule has 0 aliphatic rings. The van der Waals surface area contributed by atoms with Gasteiger partial charge >= 0.3 is 5.69 Å². The Bertz CT molecular complexity index is 1370. The molecule has 31 heavy (non-hydrogen) atoms. The molecule has 0 bridgehead atoms. The molecule has 156 valence electrons. The Kier molecular flexibility index (Phi) is 5.41. The van der Waals surface area contributed by atoms with Gasteiger partial charge in [-0.05, 0) is 35.4 Å². The largest absolute Gasteiger partial charge is 0.383 e. The lowest BCUT2D eigenvalue weighted by molar-refractivity contribution is 0.0988. The average Bonchev–Trinajstić information content (AvgIpc) is 2.79. The van der Waals surface area contributed by atoms with Crippen molar-refractivity contribution in [3.05, 3.63) is 105 Å². The van der Waals surface area contributed by atoms with Crippen LogP contribution in [0.4, 0.5) is 11.5 Å². The van der Waals surface area contributed by atoms with Crippen LogP contribution >= 0.6 is 0 Å². The number of rotatable bonds is 5. The third-order valence-corrected chi connectivity index (χ3v) is 5.23. The van der Waals surface area contributed by atoms with Crippen LogP contribution in [0.3, 0.4) is 0 Å². The van der Waals surface area contributed by atoms with Gasteiger partial charge in [-0.3, -0.25) is 19.1 Å². The molecule has 0 unspecified atom stereocenters. The summed E-state index contributed by atoms with van der Waals surface area (Å²) in [7, 11) is 0. The van der Waals surface area contributed by atoms with E-state index < -0.39 is 11.2 Å². The fourth-order valence-electron chi connectivity index (χ4n) is 3.64. The van der Waals surface area contributed by atoms with Crippen LogP contribution in [0.2, 0.25) is 0 Å². The van der Waals surface area contributed by atoms with Gasteiger partial charge in [0, 0.05) is 12.1 Å². The van der Waals surface area contributed by atoms with E-state index >= 15 is 0 Å². The number of fused-ring (bicyclic) bond motifs is 1. The van der Waals surface area contributed by atoms with E-state index in [2.05, 4.69) is 4.98 Å². The minimum atomic E-state index is -0.692. The standard InChI is InChI=1S/C24H22N4O3/c1-2-27(23(30)19-13-12-17-10-6-7-11-18(17)14-19)20-21(25)28(24(31)26-22(20)29)15-16-8-4-3-5-9-16/h3-14H,2,15,25H2,1H3,(H,26,29,31). The van der Waals surface area contributed by atoms with Gasteiger partial charge in [-0.15, -0.1) is 0 Å². The van der Waals surface area contributed by atoms with E-state index in [1.54, 1.807) is 19.1 Å². The normalized spacial score (nSPS) is 10.9. The highest BCUT2D eigenvalue weighted by molar-refractivity contribution is 6.09. The molecule has 7 heteroatoms. The number of nitrogen functional groups attached to an aromatic ring is 1. The SMILES string of the molecule is CCN(C(=O)c1ccc2ccccc2c1)c1c(N)n(Cc2ccccc2)c(=O)[nH]c1=O. The second-order valence-corrected chi connectivity index (χ2v) is 7.18. The Morgan fingerprint density at radius 1 is 0.968 bits per heavy atom. The molecule has 4 aromatic rings. The van der Waals surface area contributed by atoms with Crippen molar-refractivity contribution < 1.29 is 4.79 Å². The van der Waals surface area contributed by atoms with Crippen LogP contribution in [0, 0.1) is 0 Å². The summed E-state index contributed by atoms with van der Waals surface area (Å²) in [4.78, 5) is 42.0. The van der Waals surface area contributed by atoms with Crippen LogP contribution in [0.5, 0.6) is 0 Å². The molecule has 7 nitrogen and oxygen atoms in total. The van der Waals surface area contributed by atoms with E-state index in [9.17, 15) is 14.4 Å². The molecule has 1 heterocycles. The summed E-state index contributed by atoms with van der Waals surface area (Å²) in [6.07, 6.45) is 0. The topological polar surface area (TPSA) is 101 Å². The second-order valence-electron chi connectivity index (χ2n) is 7.18. The number of carbonyl (C=O) groups is 1. The number of nitrogens with zero attached hydrogens (tertiary/aromatic N) is 2. The maximum atomic E-state index is 13.3. The molecule has 3 N–H and O–H groups in total. The molecule has 4 rings (SSSR count). The van der Waals surface area contributed by atoms with Crippen LogP contribution < -0.4 is 21.9 Å². The summed E-state index contributed by atoms with van der Waals surface area (Å²) >= 11 is 0. The van der Waals surface area contributed by atoms with E-state index in [4.69, 9.17) is 5.73 Å². The Hall–Kier alpha value is -4.13. The molecule has 0 saturated heterocycles. The fraction of sp³-hybridized carbons (Fsp3) is 0.125. The number of H-pyrrole nitrogens is 1. The quantitative estimate of drug-likeness (QED) is 0.524. The highest BCUT2D eigenvalue weighted by Gasteiger charge is 2.24.